The van der Waals surface area contributed by atoms with Gasteiger partial charge >= 0.3 is 0 Å². The molecule has 0 amide bonds. The van der Waals surface area contributed by atoms with Gasteiger partial charge in [-0.2, -0.15) is 0 Å². The normalized spacial score (nSPS) is 28.5. The Balaban J connectivity index is 1.78. The highest BCUT2D eigenvalue weighted by molar-refractivity contribution is 5.13. The summed E-state index contributed by atoms with van der Waals surface area (Å²) in [6.07, 6.45) is 2.41. The first-order chi connectivity index (χ1) is 10.0. The maximum absolute atomic E-state index is 6.07. The highest BCUT2D eigenvalue weighted by Crippen LogP contribution is 2.33. The van der Waals surface area contributed by atoms with Crippen LogP contribution in [0.25, 0.3) is 0 Å². The first kappa shape index (κ1) is 16.5. The molecular formula is C18H28O3. The van der Waals surface area contributed by atoms with Crippen LogP contribution in [-0.4, -0.2) is 24.6 Å². The van der Waals surface area contributed by atoms with Crippen LogP contribution in [0, 0.1) is 5.92 Å². The van der Waals surface area contributed by atoms with Gasteiger partial charge in [0.05, 0.1) is 18.8 Å². The maximum Gasteiger partial charge on any atom is 0.163 e. The van der Waals surface area contributed by atoms with E-state index in [9.17, 15) is 0 Å². The number of hydrogen-bond donors (Lipinski definition) is 0. The Morgan fingerprint density at radius 2 is 1.76 bits per heavy atom. The molecular weight excluding hydrogens is 264 g/mol. The lowest BCUT2D eigenvalue weighted by molar-refractivity contribution is -0.320. The Morgan fingerprint density at radius 1 is 1.10 bits per heavy atom. The molecule has 21 heavy (non-hydrogen) atoms. The quantitative estimate of drug-likeness (QED) is 0.737. The fourth-order valence-corrected chi connectivity index (χ4v) is 2.95. The second kappa shape index (κ2) is 7.39. The van der Waals surface area contributed by atoms with Crippen molar-refractivity contribution in [2.45, 2.75) is 65.1 Å². The molecule has 0 radical (unpaired) electrons. The molecule has 1 fully saturated rings. The number of rotatable bonds is 6. The summed E-state index contributed by atoms with van der Waals surface area (Å²) in [5.74, 6) is -0.0829. The lowest BCUT2D eigenvalue weighted by Crippen LogP contribution is -2.50. The molecule has 0 aromatic heterocycles. The molecule has 0 aliphatic carbocycles. The van der Waals surface area contributed by atoms with Crippen LogP contribution < -0.4 is 0 Å². The van der Waals surface area contributed by atoms with Crippen LogP contribution in [-0.2, 0) is 20.8 Å². The van der Waals surface area contributed by atoms with E-state index in [0.717, 1.165) is 19.4 Å². The van der Waals surface area contributed by atoms with Crippen molar-refractivity contribution in [3.05, 3.63) is 35.9 Å². The van der Waals surface area contributed by atoms with Gasteiger partial charge < -0.3 is 14.2 Å². The lowest BCUT2D eigenvalue weighted by atomic mass is 9.92. The van der Waals surface area contributed by atoms with Crippen molar-refractivity contribution in [2.24, 2.45) is 5.92 Å². The predicted octanol–water partition coefficient (Wildman–Crippen LogP) is 4.16. The minimum Gasteiger partial charge on any atom is -0.377 e. The van der Waals surface area contributed by atoms with E-state index in [1.165, 1.54) is 5.56 Å². The van der Waals surface area contributed by atoms with E-state index in [1.807, 2.05) is 32.0 Å². The molecule has 0 saturated carbocycles. The molecule has 0 N–H and O–H groups in total. The number of hydrogen-bond acceptors (Lipinski definition) is 3. The number of benzene rings is 1. The molecule has 118 valence electrons. The van der Waals surface area contributed by atoms with Crippen molar-refractivity contribution in [2.75, 3.05) is 6.61 Å². The van der Waals surface area contributed by atoms with Crippen LogP contribution in [0.2, 0.25) is 0 Å². The Hall–Kier alpha value is -0.900. The maximum atomic E-state index is 6.07. The molecule has 1 saturated heterocycles. The second-order valence-electron chi connectivity index (χ2n) is 6.31. The van der Waals surface area contributed by atoms with Gasteiger partial charge in [-0.3, -0.25) is 0 Å². The van der Waals surface area contributed by atoms with E-state index in [0.29, 0.717) is 12.5 Å². The molecule has 0 spiro atoms. The van der Waals surface area contributed by atoms with Crippen LogP contribution in [0.5, 0.6) is 0 Å². The van der Waals surface area contributed by atoms with Crippen LogP contribution in [0.3, 0.4) is 0 Å². The summed E-state index contributed by atoms with van der Waals surface area (Å²) in [4.78, 5) is 0. The fourth-order valence-electron chi connectivity index (χ4n) is 2.95. The highest BCUT2D eigenvalue weighted by atomic mass is 16.7. The Morgan fingerprint density at radius 3 is 2.43 bits per heavy atom. The highest BCUT2D eigenvalue weighted by Gasteiger charge is 2.39. The minimum atomic E-state index is -0.489. The summed E-state index contributed by atoms with van der Waals surface area (Å²) >= 11 is 0. The Bertz CT molecular complexity index is 416. The molecule has 1 aliphatic heterocycles. The molecule has 1 aliphatic rings. The van der Waals surface area contributed by atoms with Gasteiger partial charge in [0.25, 0.3) is 0 Å². The first-order valence-electron chi connectivity index (χ1n) is 7.99. The van der Waals surface area contributed by atoms with Gasteiger partial charge in [-0.25, -0.2) is 0 Å². The van der Waals surface area contributed by atoms with Gasteiger partial charge in [0.15, 0.2) is 5.79 Å². The summed E-state index contributed by atoms with van der Waals surface area (Å²) in [5, 5.41) is 0. The summed E-state index contributed by atoms with van der Waals surface area (Å²) in [6, 6.07) is 10.3. The summed E-state index contributed by atoms with van der Waals surface area (Å²) in [6.45, 7) is 9.77. The standard InChI is InChI=1S/C18H28O3/c1-5-16-14(2)17(21-18(3,4)20-16)11-12-19-13-15-9-7-6-8-10-15/h6-10,14,16-17H,5,11-13H2,1-4H3/t14-,16+,17-/m0/s1. The summed E-state index contributed by atoms with van der Waals surface area (Å²) in [5.41, 5.74) is 1.21. The van der Waals surface area contributed by atoms with E-state index >= 15 is 0 Å². The van der Waals surface area contributed by atoms with Crippen molar-refractivity contribution in [1.29, 1.82) is 0 Å². The Kier molecular flexibility index (Phi) is 5.80. The van der Waals surface area contributed by atoms with E-state index in [1.54, 1.807) is 0 Å². The molecule has 3 atom stereocenters. The van der Waals surface area contributed by atoms with E-state index in [-0.39, 0.29) is 12.2 Å². The van der Waals surface area contributed by atoms with Crippen LogP contribution in [0.4, 0.5) is 0 Å². The van der Waals surface area contributed by atoms with Gasteiger partial charge in [-0.05, 0) is 32.3 Å². The van der Waals surface area contributed by atoms with Gasteiger partial charge in [-0.1, -0.05) is 44.2 Å². The molecule has 1 aromatic rings. The molecule has 3 heteroatoms. The van der Waals surface area contributed by atoms with Gasteiger partial charge in [0.1, 0.15) is 0 Å². The SMILES string of the molecule is CC[C@H]1OC(C)(C)O[C@@H](CCOCc2ccccc2)[C@H]1C. The van der Waals surface area contributed by atoms with Crippen LogP contribution in [0.1, 0.15) is 46.1 Å². The zero-order chi connectivity index (χ0) is 15.3. The molecule has 2 rings (SSSR count). The Labute approximate surface area is 128 Å². The fraction of sp³-hybridized carbons (Fsp3) is 0.667. The van der Waals surface area contributed by atoms with Crippen LogP contribution in [0.15, 0.2) is 30.3 Å². The molecule has 0 unspecified atom stereocenters. The van der Waals surface area contributed by atoms with Gasteiger partial charge in [-0.15, -0.1) is 0 Å². The summed E-state index contributed by atoms with van der Waals surface area (Å²) < 4.78 is 17.8. The largest absolute Gasteiger partial charge is 0.377 e. The third-order valence-electron chi connectivity index (χ3n) is 4.10. The number of ether oxygens (including phenoxy) is 3. The van der Waals surface area contributed by atoms with Gasteiger partial charge in [0.2, 0.25) is 0 Å². The van der Waals surface area contributed by atoms with E-state index < -0.39 is 5.79 Å². The predicted molar refractivity (Wildman–Crippen MR) is 84.0 cm³/mol. The van der Waals surface area contributed by atoms with Crippen molar-refractivity contribution >= 4 is 0 Å². The monoisotopic (exact) mass is 292 g/mol. The van der Waals surface area contributed by atoms with Crippen molar-refractivity contribution in [3.63, 3.8) is 0 Å². The zero-order valence-electron chi connectivity index (χ0n) is 13.7. The van der Waals surface area contributed by atoms with Crippen molar-refractivity contribution in [1.82, 2.24) is 0 Å². The molecule has 1 heterocycles. The van der Waals surface area contributed by atoms with E-state index in [2.05, 4.69) is 26.0 Å². The molecule has 1 aromatic carbocycles. The topological polar surface area (TPSA) is 27.7 Å². The lowest BCUT2D eigenvalue weighted by Gasteiger charge is -2.45. The third kappa shape index (κ3) is 4.80. The average Bonchev–Trinajstić information content (AvgIpc) is 2.47. The average molecular weight is 292 g/mol. The second-order valence-corrected chi connectivity index (χ2v) is 6.31. The van der Waals surface area contributed by atoms with Crippen molar-refractivity contribution < 1.29 is 14.2 Å². The van der Waals surface area contributed by atoms with Gasteiger partial charge in [0, 0.05) is 12.5 Å². The first-order valence-corrected chi connectivity index (χ1v) is 7.99. The smallest absolute Gasteiger partial charge is 0.163 e. The summed E-state index contributed by atoms with van der Waals surface area (Å²) in [7, 11) is 0. The molecule has 3 nitrogen and oxygen atoms in total. The van der Waals surface area contributed by atoms with E-state index in [4.69, 9.17) is 14.2 Å². The minimum absolute atomic E-state index is 0.203. The van der Waals surface area contributed by atoms with Crippen LogP contribution >= 0.6 is 0 Å². The third-order valence-corrected chi connectivity index (χ3v) is 4.10. The van der Waals surface area contributed by atoms with Crippen molar-refractivity contribution in [3.8, 4) is 0 Å². The zero-order valence-corrected chi connectivity index (χ0v) is 13.7. The molecule has 0 bridgehead atoms.